The number of rotatable bonds is 4. The smallest absolute Gasteiger partial charge is 0.290 e. The topological polar surface area (TPSA) is 33.0 Å². The van der Waals surface area contributed by atoms with Crippen LogP contribution in [0.25, 0.3) is 0 Å². The monoisotopic (exact) mass is 255 g/mol. The lowest BCUT2D eigenvalue weighted by molar-refractivity contribution is -0.690. The minimum absolute atomic E-state index is 0.0106. The van der Waals surface area contributed by atoms with Gasteiger partial charge in [0.05, 0.1) is 0 Å². The molecular formula is C16H19N2O+. The van der Waals surface area contributed by atoms with Crippen molar-refractivity contribution in [2.75, 3.05) is 5.32 Å². The summed E-state index contributed by atoms with van der Waals surface area (Å²) in [6.07, 6.45) is 2.92. The van der Waals surface area contributed by atoms with Crippen LogP contribution < -0.4 is 9.88 Å². The van der Waals surface area contributed by atoms with Gasteiger partial charge in [-0.25, -0.2) is 0 Å². The molecule has 1 amide bonds. The van der Waals surface area contributed by atoms with E-state index >= 15 is 0 Å². The molecule has 0 fully saturated rings. The number of hydrogen-bond donors (Lipinski definition) is 1. The summed E-state index contributed by atoms with van der Waals surface area (Å²) in [5, 5.41) is 2.91. The number of aryl methyl sites for hydroxylation is 2. The number of carbonyl (C=O) groups excluding carboxylic acids is 1. The number of pyridine rings is 1. The van der Waals surface area contributed by atoms with Crippen LogP contribution in [0.3, 0.4) is 0 Å². The lowest BCUT2D eigenvalue weighted by Crippen LogP contribution is -2.42. The molecule has 0 aliphatic rings. The van der Waals surface area contributed by atoms with Crippen LogP contribution in [0.2, 0.25) is 0 Å². The normalized spacial score (nSPS) is 10.2. The molecule has 2 aromatic rings. The molecule has 0 saturated heterocycles. The molecule has 19 heavy (non-hydrogen) atoms. The van der Waals surface area contributed by atoms with E-state index in [0.29, 0.717) is 6.54 Å². The minimum Gasteiger partial charge on any atom is -0.321 e. The molecule has 0 spiro atoms. The fraction of sp³-hybridized carbons (Fsp3) is 0.250. The molecule has 0 unspecified atom stereocenters. The highest BCUT2D eigenvalue weighted by Gasteiger charge is 2.11. The van der Waals surface area contributed by atoms with Gasteiger partial charge in [-0.3, -0.25) is 4.79 Å². The fourth-order valence-corrected chi connectivity index (χ4v) is 1.92. The van der Waals surface area contributed by atoms with Gasteiger partial charge in [-0.15, -0.1) is 0 Å². The largest absolute Gasteiger partial charge is 0.321 e. The Morgan fingerprint density at radius 2 is 1.89 bits per heavy atom. The molecule has 0 atom stereocenters. The summed E-state index contributed by atoms with van der Waals surface area (Å²) in [5.74, 6) is -0.0106. The highest BCUT2D eigenvalue weighted by molar-refractivity contribution is 5.89. The van der Waals surface area contributed by atoms with Crippen LogP contribution in [0, 0.1) is 6.92 Å². The van der Waals surface area contributed by atoms with Crippen LogP contribution in [0.15, 0.2) is 48.7 Å². The average molecular weight is 255 g/mol. The van der Waals surface area contributed by atoms with E-state index in [0.717, 1.165) is 17.8 Å². The van der Waals surface area contributed by atoms with E-state index < -0.39 is 0 Å². The van der Waals surface area contributed by atoms with Crippen LogP contribution >= 0.6 is 0 Å². The molecule has 0 saturated carbocycles. The lowest BCUT2D eigenvalue weighted by Gasteiger charge is -2.05. The Balaban J connectivity index is 1.99. The number of amides is 1. The van der Waals surface area contributed by atoms with Crippen LogP contribution in [-0.2, 0) is 17.8 Å². The molecule has 1 heterocycles. The first-order valence-corrected chi connectivity index (χ1v) is 6.53. The predicted octanol–water partition coefficient (Wildman–Crippen LogP) is 2.48. The molecule has 0 aliphatic heterocycles. The molecule has 1 N–H and O–H groups in total. The highest BCUT2D eigenvalue weighted by atomic mass is 16.1. The Kier molecular flexibility index (Phi) is 4.29. The first kappa shape index (κ1) is 13.3. The molecular weight excluding hydrogens is 236 g/mol. The fourth-order valence-electron chi connectivity index (χ4n) is 1.92. The van der Waals surface area contributed by atoms with Gasteiger partial charge in [0.1, 0.15) is 0 Å². The summed E-state index contributed by atoms with van der Waals surface area (Å²) in [7, 11) is 0. The van der Waals surface area contributed by atoms with Gasteiger partial charge in [-0.2, -0.15) is 4.57 Å². The van der Waals surface area contributed by atoms with Gasteiger partial charge in [-0.05, 0) is 24.1 Å². The number of hydrogen-bond acceptors (Lipinski definition) is 1. The summed E-state index contributed by atoms with van der Waals surface area (Å²) in [4.78, 5) is 12.0. The molecule has 1 aromatic heterocycles. The number of aromatic nitrogens is 1. The summed E-state index contributed by atoms with van der Waals surface area (Å²) >= 11 is 0. The second kappa shape index (κ2) is 6.14. The van der Waals surface area contributed by atoms with Crippen LogP contribution in [-0.4, -0.2) is 5.91 Å². The third kappa shape index (κ3) is 3.65. The van der Waals surface area contributed by atoms with E-state index in [1.54, 1.807) is 0 Å². The highest BCUT2D eigenvalue weighted by Crippen LogP contribution is 2.09. The van der Waals surface area contributed by atoms with Crippen molar-refractivity contribution in [3.8, 4) is 0 Å². The van der Waals surface area contributed by atoms with Crippen molar-refractivity contribution in [3.05, 3.63) is 59.9 Å². The maximum atomic E-state index is 12.0. The van der Waals surface area contributed by atoms with Gasteiger partial charge >= 0.3 is 0 Å². The van der Waals surface area contributed by atoms with Crippen LogP contribution in [0.4, 0.5) is 5.69 Å². The zero-order chi connectivity index (χ0) is 13.7. The Hall–Kier alpha value is -2.16. The van der Waals surface area contributed by atoms with Crippen molar-refractivity contribution < 1.29 is 9.36 Å². The zero-order valence-corrected chi connectivity index (χ0v) is 11.4. The maximum Gasteiger partial charge on any atom is 0.290 e. The van der Waals surface area contributed by atoms with Crippen molar-refractivity contribution in [2.45, 2.75) is 26.8 Å². The Bertz CT molecular complexity index is 561. The summed E-state index contributed by atoms with van der Waals surface area (Å²) in [5.41, 5.74) is 3.18. The molecule has 3 nitrogen and oxygen atoms in total. The molecule has 2 rings (SSSR count). The molecule has 98 valence electrons. The predicted molar refractivity (Wildman–Crippen MR) is 75.8 cm³/mol. The summed E-state index contributed by atoms with van der Waals surface area (Å²) in [6, 6.07) is 13.8. The second-order valence-corrected chi connectivity index (χ2v) is 4.57. The Morgan fingerprint density at radius 3 is 2.53 bits per heavy atom. The Labute approximate surface area is 113 Å². The van der Waals surface area contributed by atoms with E-state index in [4.69, 9.17) is 0 Å². The van der Waals surface area contributed by atoms with Crippen molar-refractivity contribution in [3.63, 3.8) is 0 Å². The van der Waals surface area contributed by atoms with Crippen molar-refractivity contribution in [1.29, 1.82) is 0 Å². The molecule has 1 aromatic carbocycles. The number of benzene rings is 1. The Morgan fingerprint density at radius 1 is 1.16 bits per heavy atom. The van der Waals surface area contributed by atoms with Gasteiger partial charge in [0, 0.05) is 24.7 Å². The van der Waals surface area contributed by atoms with Gasteiger partial charge in [-0.1, -0.05) is 25.1 Å². The van der Waals surface area contributed by atoms with Gasteiger partial charge in [0.15, 0.2) is 11.9 Å². The zero-order valence-electron chi connectivity index (χ0n) is 11.4. The third-order valence-corrected chi connectivity index (χ3v) is 3.13. The number of anilines is 1. The SMILES string of the molecule is CCc1ccc(NC(=O)C[n+]2ccccc2C)cc1. The molecule has 0 bridgehead atoms. The molecule has 3 heteroatoms. The lowest BCUT2D eigenvalue weighted by atomic mass is 10.1. The molecule has 0 radical (unpaired) electrons. The van der Waals surface area contributed by atoms with E-state index in [2.05, 4.69) is 12.2 Å². The van der Waals surface area contributed by atoms with Crippen LogP contribution in [0.1, 0.15) is 18.2 Å². The van der Waals surface area contributed by atoms with Gasteiger partial charge in [0.2, 0.25) is 6.54 Å². The maximum absolute atomic E-state index is 12.0. The standard InChI is InChI=1S/C16H18N2O/c1-3-14-7-9-15(10-8-14)17-16(19)12-18-11-5-4-6-13(18)2/h4-11H,3,12H2,1-2H3/p+1. The number of nitrogens with zero attached hydrogens (tertiary/aromatic N) is 1. The van der Waals surface area contributed by atoms with Gasteiger partial charge in [0.25, 0.3) is 5.91 Å². The van der Waals surface area contributed by atoms with Crippen LogP contribution in [0.5, 0.6) is 0 Å². The van der Waals surface area contributed by atoms with E-state index in [1.807, 2.05) is 60.2 Å². The first-order valence-electron chi connectivity index (χ1n) is 6.53. The summed E-state index contributed by atoms with van der Waals surface area (Å²) in [6.45, 7) is 4.44. The number of carbonyl (C=O) groups is 1. The molecule has 0 aliphatic carbocycles. The van der Waals surface area contributed by atoms with Crippen molar-refractivity contribution >= 4 is 11.6 Å². The van der Waals surface area contributed by atoms with Crippen molar-refractivity contribution in [2.24, 2.45) is 0 Å². The number of nitrogens with one attached hydrogen (secondary N) is 1. The quantitative estimate of drug-likeness (QED) is 0.837. The van der Waals surface area contributed by atoms with Gasteiger partial charge < -0.3 is 5.32 Å². The van der Waals surface area contributed by atoms with E-state index in [-0.39, 0.29) is 5.91 Å². The second-order valence-electron chi connectivity index (χ2n) is 4.57. The average Bonchev–Trinajstić information content (AvgIpc) is 2.42. The van der Waals surface area contributed by atoms with Crippen molar-refractivity contribution in [1.82, 2.24) is 0 Å². The van der Waals surface area contributed by atoms with E-state index in [1.165, 1.54) is 5.56 Å². The first-order chi connectivity index (χ1) is 9.19. The minimum atomic E-state index is -0.0106. The third-order valence-electron chi connectivity index (χ3n) is 3.13. The van der Waals surface area contributed by atoms with E-state index in [9.17, 15) is 4.79 Å². The summed E-state index contributed by atoms with van der Waals surface area (Å²) < 4.78 is 1.93.